The number of benzene rings is 1. The molecule has 3 rings (SSSR count). The Labute approximate surface area is 90.0 Å². The lowest BCUT2D eigenvalue weighted by atomic mass is 10.1. The van der Waals surface area contributed by atoms with E-state index in [1.165, 1.54) is 0 Å². The molecule has 0 aliphatic heterocycles. The fraction of sp³-hybridized carbons (Fsp3) is 0. The Morgan fingerprint density at radius 1 is 1.25 bits per heavy atom. The molecule has 1 aromatic carbocycles. The zero-order valence-corrected chi connectivity index (χ0v) is 8.16. The molecule has 0 atom stereocenters. The molecule has 16 heavy (non-hydrogen) atoms. The first-order chi connectivity index (χ1) is 7.77. The van der Waals surface area contributed by atoms with Gasteiger partial charge in [-0.1, -0.05) is 12.1 Å². The molecule has 0 unspecified atom stereocenters. The van der Waals surface area contributed by atoms with Crippen molar-refractivity contribution in [3.8, 4) is 0 Å². The van der Waals surface area contributed by atoms with Gasteiger partial charge in [-0.3, -0.25) is 4.40 Å². The van der Waals surface area contributed by atoms with Crippen LogP contribution in [0.2, 0.25) is 0 Å². The van der Waals surface area contributed by atoms with E-state index >= 15 is 0 Å². The minimum atomic E-state index is -0.936. The number of carbonyl (C=O) groups is 1. The molecule has 0 bridgehead atoms. The van der Waals surface area contributed by atoms with Crippen LogP contribution in [-0.2, 0) is 0 Å². The van der Waals surface area contributed by atoms with E-state index in [-0.39, 0.29) is 5.56 Å². The summed E-state index contributed by atoms with van der Waals surface area (Å²) in [7, 11) is 0. The molecule has 78 valence electrons. The lowest BCUT2D eigenvalue weighted by Gasteiger charge is -2.02. The number of aromatic carboxylic acids is 1. The highest BCUT2D eigenvalue weighted by Gasteiger charge is 2.10. The summed E-state index contributed by atoms with van der Waals surface area (Å²) < 4.78 is 1.76. The first-order valence-corrected chi connectivity index (χ1v) is 4.72. The Hall–Kier alpha value is -2.43. The summed E-state index contributed by atoms with van der Waals surface area (Å²) in [5.41, 5.74) is 0.948. The van der Waals surface area contributed by atoms with E-state index in [9.17, 15) is 4.79 Å². The van der Waals surface area contributed by atoms with Gasteiger partial charge in [-0.2, -0.15) is 0 Å². The average molecular weight is 213 g/mol. The molecule has 0 fully saturated rings. The Kier molecular flexibility index (Phi) is 1.67. The third-order valence-corrected chi connectivity index (χ3v) is 2.55. The molecule has 2 aromatic heterocycles. The van der Waals surface area contributed by atoms with E-state index in [4.69, 9.17) is 5.11 Å². The normalized spacial score (nSPS) is 11.0. The van der Waals surface area contributed by atoms with E-state index in [2.05, 4.69) is 10.2 Å². The summed E-state index contributed by atoms with van der Waals surface area (Å²) in [5.74, 6) is -0.936. The number of hydrogen-bond acceptors (Lipinski definition) is 3. The molecule has 0 aliphatic rings. The van der Waals surface area contributed by atoms with Crippen molar-refractivity contribution in [3.05, 3.63) is 42.4 Å². The number of nitrogens with zero attached hydrogens (tertiary/aromatic N) is 3. The number of rotatable bonds is 1. The molecule has 0 radical (unpaired) electrons. The van der Waals surface area contributed by atoms with E-state index in [0.29, 0.717) is 11.0 Å². The molecule has 0 aliphatic carbocycles. The summed E-state index contributed by atoms with van der Waals surface area (Å²) in [6, 6.07) is 6.89. The van der Waals surface area contributed by atoms with Crippen LogP contribution in [0, 0.1) is 0 Å². The summed E-state index contributed by atoms with van der Waals surface area (Å²) in [5, 5.41) is 18.3. The van der Waals surface area contributed by atoms with Gasteiger partial charge in [0.15, 0.2) is 5.65 Å². The van der Waals surface area contributed by atoms with Crippen molar-refractivity contribution in [2.24, 2.45) is 0 Å². The molecule has 2 heterocycles. The molecule has 0 saturated carbocycles. The van der Waals surface area contributed by atoms with Crippen LogP contribution in [-0.4, -0.2) is 25.7 Å². The first-order valence-electron chi connectivity index (χ1n) is 4.72. The zero-order valence-electron chi connectivity index (χ0n) is 8.16. The number of pyridine rings is 1. The smallest absolute Gasteiger partial charge is 0.336 e. The van der Waals surface area contributed by atoms with Gasteiger partial charge < -0.3 is 5.11 Å². The van der Waals surface area contributed by atoms with Crippen molar-refractivity contribution >= 4 is 22.4 Å². The third-order valence-electron chi connectivity index (χ3n) is 2.55. The summed E-state index contributed by atoms with van der Waals surface area (Å²) in [6.07, 6.45) is 3.34. The summed E-state index contributed by atoms with van der Waals surface area (Å²) >= 11 is 0. The second kappa shape index (κ2) is 3.03. The van der Waals surface area contributed by atoms with E-state index < -0.39 is 5.97 Å². The zero-order chi connectivity index (χ0) is 11.1. The van der Waals surface area contributed by atoms with Crippen molar-refractivity contribution in [2.45, 2.75) is 0 Å². The number of carboxylic acids is 1. The van der Waals surface area contributed by atoms with Gasteiger partial charge in [-0.25, -0.2) is 4.79 Å². The lowest BCUT2D eigenvalue weighted by molar-refractivity contribution is 0.0699. The predicted octanol–water partition coefficient (Wildman–Crippen LogP) is 1.58. The van der Waals surface area contributed by atoms with Crippen molar-refractivity contribution in [2.75, 3.05) is 0 Å². The minimum absolute atomic E-state index is 0.281. The van der Waals surface area contributed by atoms with Crippen molar-refractivity contribution < 1.29 is 9.90 Å². The Bertz CT molecular complexity index is 703. The summed E-state index contributed by atoms with van der Waals surface area (Å²) in [4.78, 5) is 11.0. The first kappa shape index (κ1) is 8.84. The van der Waals surface area contributed by atoms with Crippen molar-refractivity contribution in [1.29, 1.82) is 0 Å². The van der Waals surface area contributed by atoms with E-state index in [1.54, 1.807) is 35.1 Å². The largest absolute Gasteiger partial charge is 0.478 e. The number of carboxylic acid groups (broad SMARTS) is 1. The van der Waals surface area contributed by atoms with Gasteiger partial charge in [-0.05, 0) is 12.1 Å². The fourth-order valence-electron chi connectivity index (χ4n) is 1.83. The topological polar surface area (TPSA) is 67.5 Å². The Balaban J connectivity index is 2.53. The van der Waals surface area contributed by atoms with Crippen LogP contribution in [0.1, 0.15) is 10.4 Å². The minimum Gasteiger partial charge on any atom is -0.478 e. The molecule has 0 amide bonds. The van der Waals surface area contributed by atoms with Gasteiger partial charge in [0, 0.05) is 17.0 Å². The van der Waals surface area contributed by atoms with Crippen LogP contribution in [0.4, 0.5) is 0 Å². The van der Waals surface area contributed by atoms with E-state index in [0.717, 1.165) is 5.39 Å². The van der Waals surface area contributed by atoms with Crippen LogP contribution in [0.5, 0.6) is 0 Å². The van der Waals surface area contributed by atoms with Gasteiger partial charge >= 0.3 is 5.97 Å². The number of aromatic nitrogens is 3. The lowest BCUT2D eigenvalue weighted by Crippen LogP contribution is -1.98. The molecule has 0 spiro atoms. The van der Waals surface area contributed by atoms with Crippen molar-refractivity contribution in [3.63, 3.8) is 0 Å². The van der Waals surface area contributed by atoms with Crippen LogP contribution in [0.3, 0.4) is 0 Å². The predicted molar refractivity (Wildman–Crippen MR) is 57.5 cm³/mol. The Morgan fingerprint density at radius 2 is 2.12 bits per heavy atom. The molecule has 5 heteroatoms. The fourth-order valence-corrected chi connectivity index (χ4v) is 1.83. The van der Waals surface area contributed by atoms with E-state index in [1.807, 2.05) is 6.07 Å². The highest BCUT2D eigenvalue weighted by molar-refractivity contribution is 6.07. The Morgan fingerprint density at radius 3 is 2.94 bits per heavy atom. The van der Waals surface area contributed by atoms with Gasteiger partial charge in [0.25, 0.3) is 0 Å². The monoisotopic (exact) mass is 213 g/mol. The maximum Gasteiger partial charge on any atom is 0.336 e. The highest BCUT2D eigenvalue weighted by Crippen LogP contribution is 2.21. The van der Waals surface area contributed by atoms with Crippen LogP contribution in [0.15, 0.2) is 36.8 Å². The maximum absolute atomic E-state index is 11.0. The number of hydrogen-bond donors (Lipinski definition) is 1. The van der Waals surface area contributed by atoms with Crippen LogP contribution in [0.25, 0.3) is 16.4 Å². The average Bonchev–Trinajstić information content (AvgIpc) is 2.76. The molecular formula is C11H7N3O2. The van der Waals surface area contributed by atoms with Crippen LogP contribution < -0.4 is 0 Å². The van der Waals surface area contributed by atoms with Gasteiger partial charge in [0.05, 0.1) is 5.56 Å². The van der Waals surface area contributed by atoms with Gasteiger partial charge in [0.2, 0.25) is 0 Å². The maximum atomic E-state index is 11.0. The molecule has 5 nitrogen and oxygen atoms in total. The standard InChI is InChI=1S/C11H7N3O2/c15-11(16)9-3-1-2-8-7(9)4-5-14-6-12-13-10(8)14/h1-6H,(H,15,16). The van der Waals surface area contributed by atoms with Gasteiger partial charge in [0.1, 0.15) is 6.33 Å². The van der Waals surface area contributed by atoms with Crippen molar-refractivity contribution in [1.82, 2.24) is 14.6 Å². The molecule has 3 aromatic rings. The molecule has 1 N–H and O–H groups in total. The second-order valence-corrected chi connectivity index (χ2v) is 3.45. The third kappa shape index (κ3) is 1.08. The molecule has 0 saturated heterocycles. The van der Waals surface area contributed by atoms with Gasteiger partial charge in [-0.15, -0.1) is 10.2 Å². The summed E-state index contributed by atoms with van der Waals surface area (Å²) in [6.45, 7) is 0. The SMILES string of the molecule is O=C(O)c1cccc2c1ccn1cnnc21. The van der Waals surface area contributed by atoms with Crippen LogP contribution >= 0.6 is 0 Å². The second-order valence-electron chi connectivity index (χ2n) is 3.45. The highest BCUT2D eigenvalue weighted by atomic mass is 16.4. The molecular weight excluding hydrogens is 206 g/mol. The number of fused-ring (bicyclic) bond motifs is 3. The quantitative estimate of drug-likeness (QED) is 0.666.